The van der Waals surface area contributed by atoms with Crippen LogP contribution in [0.3, 0.4) is 0 Å². The summed E-state index contributed by atoms with van der Waals surface area (Å²) in [6, 6.07) is 20.2. The number of carbonyl (C=O) groups is 2. The lowest BCUT2D eigenvalue weighted by molar-refractivity contribution is -0.119. The number of esters is 1. The van der Waals surface area contributed by atoms with E-state index >= 15 is 0 Å². The Morgan fingerprint density at radius 1 is 0.969 bits per heavy atom. The Balaban J connectivity index is 1.46. The van der Waals surface area contributed by atoms with Gasteiger partial charge in [0.25, 0.3) is 5.91 Å². The van der Waals surface area contributed by atoms with Crippen LogP contribution in [0.25, 0.3) is 20.8 Å². The molecule has 0 aliphatic rings. The first-order chi connectivity index (χ1) is 15.5. The topological polar surface area (TPSA) is 77.5 Å². The van der Waals surface area contributed by atoms with Crippen LogP contribution in [0.5, 0.6) is 5.75 Å². The summed E-state index contributed by atoms with van der Waals surface area (Å²) in [5, 5.41) is 3.06. The van der Waals surface area contributed by atoms with Gasteiger partial charge >= 0.3 is 12.6 Å². The fourth-order valence-corrected chi connectivity index (χ4v) is 4.00. The lowest BCUT2D eigenvalue weighted by Gasteiger charge is -2.12. The number of hydrogen-bond acceptors (Lipinski definition) is 6. The summed E-state index contributed by atoms with van der Waals surface area (Å²) in [5.41, 5.74) is 1.72. The molecule has 0 bridgehead atoms. The van der Waals surface area contributed by atoms with E-state index in [0.29, 0.717) is 10.6 Å². The quantitative estimate of drug-likeness (QED) is 0.381. The zero-order valence-corrected chi connectivity index (χ0v) is 17.3. The van der Waals surface area contributed by atoms with Crippen molar-refractivity contribution in [2.45, 2.75) is 6.61 Å². The molecule has 1 heterocycles. The summed E-state index contributed by atoms with van der Waals surface area (Å²) in [4.78, 5) is 29.5. The van der Waals surface area contributed by atoms with Gasteiger partial charge in [-0.25, -0.2) is 9.78 Å². The average molecular weight is 454 g/mol. The number of benzene rings is 3. The van der Waals surface area contributed by atoms with Crippen LogP contribution in [0.1, 0.15) is 10.4 Å². The summed E-state index contributed by atoms with van der Waals surface area (Å²) in [7, 11) is 0. The van der Waals surface area contributed by atoms with Crippen molar-refractivity contribution in [2.75, 3.05) is 11.9 Å². The van der Waals surface area contributed by atoms with Crippen molar-refractivity contribution in [3.05, 3.63) is 78.4 Å². The third-order valence-corrected chi connectivity index (χ3v) is 5.45. The number of ether oxygens (including phenoxy) is 2. The first-order valence-corrected chi connectivity index (χ1v) is 10.3. The van der Waals surface area contributed by atoms with E-state index in [1.807, 2.05) is 24.3 Å². The Kier molecular flexibility index (Phi) is 6.37. The minimum absolute atomic E-state index is 0.0451. The predicted octanol–water partition coefficient (Wildman–Crippen LogP) is 5.36. The second-order valence-electron chi connectivity index (χ2n) is 6.53. The van der Waals surface area contributed by atoms with Crippen LogP contribution in [0.4, 0.5) is 14.5 Å². The molecule has 0 aliphatic carbocycles. The van der Waals surface area contributed by atoms with Gasteiger partial charge in [0.15, 0.2) is 6.61 Å². The normalized spacial score (nSPS) is 10.8. The second kappa shape index (κ2) is 9.52. The van der Waals surface area contributed by atoms with Crippen LogP contribution < -0.4 is 10.1 Å². The fourth-order valence-electron chi connectivity index (χ4n) is 3.00. The number of hydrogen-bond donors (Lipinski definition) is 1. The lowest BCUT2D eigenvalue weighted by atomic mass is 10.1. The summed E-state index contributed by atoms with van der Waals surface area (Å²) >= 11 is 1.44. The van der Waals surface area contributed by atoms with Gasteiger partial charge in [0.05, 0.1) is 21.5 Å². The molecule has 0 unspecified atom stereocenters. The van der Waals surface area contributed by atoms with Crippen molar-refractivity contribution >= 4 is 39.1 Å². The maximum absolute atomic E-state index is 12.7. The molecule has 1 amide bonds. The third kappa shape index (κ3) is 4.89. The molecule has 32 heavy (non-hydrogen) atoms. The van der Waals surface area contributed by atoms with Crippen LogP contribution in [0.2, 0.25) is 0 Å². The summed E-state index contributed by atoms with van der Waals surface area (Å²) < 4.78 is 35.5. The number of anilines is 1. The van der Waals surface area contributed by atoms with Gasteiger partial charge in [-0.1, -0.05) is 42.5 Å². The fraction of sp³-hybridized carbons (Fsp3) is 0.0870. The monoisotopic (exact) mass is 454 g/mol. The zero-order valence-electron chi connectivity index (χ0n) is 16.5. The summed E-state index contributed by atoms with van der Waals surface area (Å²) in [6.07, 6.45) is 0. The van der Waals surface area contributed by atoms with E-state index in [0.717, 1.165) is 10.2 Å². The van der Waals surface area contributed by atoms with Crippen LogP contribution in [0.15, 0.2) is 72.8 Å². The number of fused-ring (bicyclic) bond motifs is 1. The van der Waals surface area contributed by atoms with E-state index in [4.69, 9.17) is 4.74 Å². The molecule has 0 saturated carbocycles. The Morgan fingerprint density at radius 3 is 2.50 bits per heavy atom. The minimum atomic E-state index is -3.04. The van der Waals surface area contributed by atoms with Gasteiger partial charge in [-0.2, -0.15) is 8.78 Å². The van der Waals surface area contributed by atoms with Gasteiger partial charge in [0, 0.05) is 5.56 Å². The largest absolute Gasteiger partial charge is 0.452 e. The van der Waals surface area contributed by atoms with Gasteiger partial charge in [-0.3, -0.25) is 4.79 Å². The molecule has 3 aromatic carbocycles. The maximum Gasteiger partial charge on any atom is 0.387 e. The Morgan fingerprint density at radius 2 is 1.69 bits per heavy atom. The minimum Gasteiger partial charge on any atom is -0.452 e. The number of nitrogens with zero attached hydrogens (tertiary/aromatic N) is 1. The summed E-state index contributed by atoms with van der Waals surface area (Å²) in [5.74, 6) is -1.59. The third-order valence-electron chi connectivity index (χ3n) is 4.38. The molecule has 162 valence electrons. The molecular formula is C23H16F2N2O4S. The van der Waals surface area contributed by atoms with Gasteiger partial charge in [-0.15, -0.1) is 11.3 Å². The highest BCUT2D eigenvalue weighted by molar-refractivity contribution is 7.21. The molecular weight excluding hydrogens is 438 g/mol. The first-order valence-electron chi connectivity index (χ1n) is 9.47. The number of para-hydroxylation sites is 3. The number of thiazole rings is 1. The maximum atomic E-state index is 12.7. The average Bonchev–Trinajstić information content (AvgIpc) is 3.23. The van der Waals surface area contributed by atoms with Gasteiger partial charge in [0.1, 0.15) is 10.8 Å². The van der Waals surface area contributed by atoms with Gasteiger partial charge in [0.2, 0.25) is 0 Å². The predicted molar refractivity (Wildman–Crippen MR) is 117 cm³/mol. The van der Waals surface area contributed by atoms with E-state index in [1.54, 1.807) is 30.3 Å². The Hall–Kier alpha value is -3.85. The molecule has 0 radical (unpaired) electrons. The highest BCUT2D eigenvalue weighted by Gasteiger charge is 2.18. The molecule has 0 spiro atoms. The van der Waals surface area contributed by atoms with Crippen LogP contribution >= 0.6 is 11.3 Å². The number of carbonyl (C=O) groups excluding carboxylic acids is 2. The highest BCUT2D eigenvalue weighted by Crippen LogP contribution is 2.32. The standard InChI is InChI=1S/C23H16F2N2O4S/c24-23(25)31-18-11-5-3-9-16(18)26-20(28)13-30-22(29)15-8-2-1-7-14(15)21-27-17-10-4-6-12-19(17)32-21/h1-12,23H,13H2,(H,26,28). The van der Waals surface area contributed by atoms with Crippen molar-refractivity contribution in [1.82, 2.24) is 4.98 Å². The van der Waals surface area contributed by atoms with Crippen LogP contribution in [0, 0.1) is 0 Å². The molecule has 9 heteroatoms. The molecule has 0 aliphatic heterocycles. The van der Waals surface area contributed by atoms with Gasteiger partial charge < -0.3 is 14.8 Å². The number of rotatable bonds is 7. The van der Waals surface area contributed by atoms with Crippen molar-refractivity contribution < 1.29 is 27.8 Å². The zero-order chi connectivity index (χ0) is 22.5. The smallest absolute Gasteiger partial charge is 0.387 e. The molecule has 1 aromatic heterocycles. The Labute approximate surface area is 185 Å². The SMILES string of the molecule is O=C(COC(=O)c1ccccc1-c1nc2ccccc2s1)Nc1ccccc1OC(F)F. The van der Waals surface area contributed by atoms with Crippen molar-refractivity contribution in [3.63, 3.8) is 0 Å². The van der Waals surface area contributed by atoms with E-state index in [9.17, 15) is 18.4 Å². The molecule has 0 atom stereocenters. The van der Waals surface area contributed by atoms with Crippen LogP contribution in [-0.4, -0.2) is 30.1 Å². The Bertz CT molecular complexity index is 1240. The van der Waals surface area contributed by atoms with Crippen molar-refractivity contribution in [2.24, 2.45) is 0 Å². The molecule has 1 N–H and O–H groups in total. The van der Waals surface area contributed by atoms with E-state index in [-0.39, 0.29) is 17.0 Å². The van der Waals surface area contributed by atoms with E-state index in [1.165, 1.54) is 29.5 Å². The van der Waals surface area contributed by atoms with E-state index in [2.05, 4.69) is 15.0 Å². The second-order valence-corrected chi connectivity index (χ2v) is 7.56. The molecule has 0 fully saturated rings. The number of amides is 1. The highest BCUT2D eigenvalue weighted by atomic mass is 32.1. The first kappa shape index (κ1) is 21.4. The molecule has 4 aromatic rings. The van der Waals surface area contributed by atoms with E-state index < -0.39 is 25.1 Å². The number of aromatic nitrogens is 1. The molecule has 0 saturated heterocycles. The number of nitrogens with one attached hydrogen (secondary N) is 1. The molecule has 6 nitrogen and oxygen atoms in total. The lowest BCUT2D eigenvalue weighted by Crippen LogP contribution is -2.21. The van der Waals surface area contributed by atoms with Crippen LogP contribution in [-0.2, 0) is 9.53 Å². The van der Waals surface area contributed by atoms with Crippen molar-refractivity contribution in [1.29, 1.82) is 0 Å². The number of alkyl halides is 2. The summed E-state index contributed by atoms with van der Waals surface area (Å²) in [6.45, 7) is -3.64. The van der Waals surface area contributed by atoms with Crippen molar-refractivity contribution in [3.8, 4) is 16.3 Å². The number of halogens is 2. The molecule has 4 rings (SSSR count). The van der Waals surface area contributed by atoms with Gasteiger partial charge in [-0.05, 0) is 30.3 Å².